The lowest BCUT2D eigenvalue weighted by Crippen LogP contribution is -2.52. The summed E-state index contributed by atoms with van der Waals surface area (Å²) in [6.45, 7) is 0. The fourth-order valence-corrected chi connectivity index (χ4v) is 5.76. The molecule has 0 bridgehead atoms. The Labute approximate surface area is 179 Å². The Balaban J connectivity index is 1.86. The zero-order valence-corrected chi connectivity index (χ0v) is 18.2. The SMILES string of the molecule is CN(C(=O)c1ccc(Cl)cc1)[C@@H]1CS(=O)(=O)C[C@H]1N(C)C(=O)c1ccc(Cl)cc1. The number of halogens is 2. The number of sulfone groups is 1. The highest BCUT2D eigenvalue weighted by molar-refractivity contribution is 7.91. The van der Waals surface area contributed by atoms with E-state index in [-0.39, 0.29) is 23.3 Å². The van der Waals surface area contributed by atoms with Crippen molar-refractivity contribution in [1.82, 2.24) is 9.80 Å². The largest absolute Gasteiger partial charge is 0.336 e. The van der Waals surface area contributed by atoms with Crippen LogP contribution in [-0.4, -0.2) is 67.7 Å². The molecule has 6 nitrogen and oxygen atoms in total. The lowest BCUT2D eigenvalue weighted by molar-refractivity contribution is 0.0579. The van der Waals surface area contributed by atoms with Gasteiger partial charge in [-0.3, -0.25) is 9.59 Å². The highest BCUT2D eigenvalue weighted by atomic mass is 35.5. The molecule has 2 atom stereocenters. The van der Waals surface area contributed by atoms with Gasteiger partial charge >= 0.3 is 0 Å². The molecule has 0 aromatic heterocycles. The minimum Gasteiger partial charge on any atom is -0.336 e. The smallest absolute Gasteiger partial charge is 0.253 e. The Hall–Kier alpha value is -2.09. The molecule has 0 unspecified atom stereocenters. The van der Waals surface area contributed by atoms with Crippen LogP contribution < -0.4 is 0 Å². The van der Waals surface area contributed by atoms with Gasteiger partial charge in [0.05, 0.1) is 23.6 Å². The van der Waals surface area contributed by atoms with Crippen LogP contribution in [0, 0.1) is 0 Å². The van der Waals surface area contributed by atoms with Crippen molar-refractivity contribution >= 4 is 44.9 Å². The first-order valence-electron chi connectivity index (χ1n) is 8.85. The second-order valence-electron chi connectivity index (χ2n) is 7.06. The fraction of sp³-hybridized carbons (Fsp3) is 0.300. The molecule has 29 heavy (non-hydrogen) atoms. The number of hydrogen-bond donors (Lipinski definition) is 0. The van der Waals surface area contributed by atoms with E-state index < -0.39 is 21.9 Å². The van der Waals surface area contributed by atoms with Gasteiger partial charge in [0.1, 0.15) is 0 Å². The van der Waals surface area contributed by atoms with Crippen molar-refractivity contribution in [3.63, 3.8) is 0 Å². The predicted octanol–water partition coefficient (Wildman–Crippen LogP) is 3.00. The van der Waals surface area contributed by atoms with Gasteiger partial charge in [0.25, 0.3) is 11.8 Å². The molecule has 3 rings (SSSR count). The Morgan fingerprint density at radius 2 is 1.07 bits per heavy atom. The van der Waals surface area contributed by atoms with Crippen molar-refractivity contribution in [3.8, 4) is 0 Å². The molecule has 2 aromatic rings. The number of likely N-dealkylation sites (N-methyl/N-ethyl adjacent to an activating group) is 2. The van der Waals surface area contributed by atoms with Crippen molar-refractivity contribution in [2.75, 3.05) is 25.6 Å². The summed E-state index contributed by atoms with van der Waals surface area (Å²) in [7, 11) is -0.306. The lowest BCUT2D eigenvalue weighted by atomic mass is 10.1. The summed E-state index contributed by atoms with van der Waals surface area (Å²) in [4.78, 5) is 28.5. The molecular formula is C20H20Cl2N2O4S. The average molecular weight is 455 g/mol. The molecule has 0 aliphatic carbocycles. The number of hydrogen-bond acceptors (Lipinski definition) is 4. The maximum absolute atomic E-state index is 12.9. The molecule has 2 aromatic carbocycles. The summed E-state index contributed by atoms with van der Waals surface area (Å²) >= 11 is 11.7. The zero-order valence-electron chi connectivity index (χ0n) is 15.9. The van der Waals surface area contributed by atoms with E-state index in [1.807, 2.05) is 0 Å². The number of nitrogens with zero attached hydrogens (tertiary/aromatic N) is 2. The molecule has 0 saturated carbocycles. The Kier molecular flexibility index (Phi) is 6.22. The topological polar surface area (TPSA) is 74.8 Å². The first-order chi connectivity index (χ1) is 13.6. The van der Waals surface area contributed by atoms with Gasteiger partial charge in [-0.1, -0.05) is 23.2 Å². The van der Waals surface area contributed by atoms with Gasteiger partial charge in [0, 0.05) is 35.3 Å². The minimum absolute atomic E-state index is 0.203. The Morgan fingerprint density at radius 1 is 0.759 bits per heavy atom. The maximum atomic E-state index is 12.9. The van der Waals surface area contributed by atoms with Crippen molar-refractivity contribution in [3.05, 3.63) is 69.7 Å². The highest BCUT2D eigenvalue weighted by Crippen LogP contribution is 2.25. The normalized spacial score (nSPS) is 20.3. The Morgan fingerprint density at radius 3 is 1.38 bits per heavy atom. The van der Waals surface area contributed by atoms with E-state index in [1.54, 1.807) is 62.6 Å². The number of amides is 2. The van der Waals surface area contributed by atoms with Crippen LogP contribution in [0.15, 0.2) is 48.5 Å². The lowest BCUT2D eigenvalue weighted by Gasteiger charge is -2.34. The molecular weight excluding hydrogens is 435 g/mol. The number of carbonyl (C=O) groups excluding carboxylic acids is 2. The van der Waals surface area contributed by atoms with Crippen molar-refractivity contribution < 1.29 is 18.0 Å². The van der Waals surface area contributed by atoms with E-state index in [0.29, 0.717) is 21.2 Å². The summed E-state index contributed by atoms with van der Waals surface area (Å²) in [5.41, 5.74) is 0.790. The number of carbonyl (C=O) groups is 2. The molecule has 1 aliphatic rings. The van der Waals surface area contributed by atoms with Gasteiger partial charge in [-0.15, -0.1) is 0 Å². The summed E-state index contributed by atoms with van der Waals surface area (Å²) in [5.74, 6) is -1.07. The molecule has 2 amide bonds. The van der Waals surface area contributed by atoms with Crippen LogP contribution in [0.25, 0.3) is 0 Å². The fourth-order valence-electron chi connectivity index (χ4n) is 3.44. The van der Waals surface area contributed by atoms with Gasteiger partial charge < -0.3 is 9.80 Å². The van der Waals surface area contributed by atoms with Crippen LogP contribution >= 0.6 is 23.2 Å². The van der Waals surface area contributed by atoms with Crippen LogP contribution in [0.1, 0.15) is 20.7 Å². The van der Waals surface area contributed by atoms with Crippen LogP contribution in [0.5, 0.6) is 0 Å². The number of rotatable bonds is 4. The molecule has 1 heterocycles. The summed E-state index contributed by atoms with van der Waals surface area (Å²) < 4.78 is 24.7. The summed E-state index contributed by atoms with van der Waals surface area (Å²) in [6.07, 6.45) is 0. The van der Waals surface area contributed by atoms with Crippen LogP contribution in [0.2, 0.25) is 10.0 Å². The van der Waals surface area contributed by atoms with Crippen molar-refractivity contribution in [1.29, 1.82) is 0 Å². The third kappa shape index (κ3) is 4.74. The van der Waals surface area contributed by atoms with Crippen molar-refractivity contribution in [2.24, 2.45) is 0 Å². The van der Waals surface area contributed by atoms with Gasteiger partial charge in [-0.25, -0.2) is 8.42 Å². The molecule has 1 fully saturated rings. The van der Waals surface area contributed by atoms with Crippen LogP contribution in [-0.2, 0) is 9.84 Å². The van der Waals surface area contributed by atoms with E-state index in [2.05, 4.69) is 0 Å². The van der Waals surface area contributed by atoms with Gasteiger partial charge in [0.2, 0.25) is 0 Å². The van der Waals surface area contributed by atoms with Crippen LogP contribution in [0.3, 0.4) is 0 Å². The van der Waals surface area contributed by atoms with Gasteiger partial charge in [-0.2, -0.15) is 0 Å². The second kappa shape index (κ2) is 8.34. The Bertz CT molecular complexity index is 946. The molecule has 0 spiro atoms. The van der Waals surface area contributed by atoms with Gasteiger partial charge in [-0.05, 0) is 48.5 Å². The van der Waals surface area contributed by atoms with E-state index in [9.17, 15) is 18.0 Å². The molecule has 1 saturated heterocycles. The minimum atomic E-state index is -3.41. The van der Waals surface area contributed by atoms with Crippen molar-refractivity contribution in [2.45, 2.75) is 12.1 Å². The molecule has 154 valence electrons. The molecule has 1 aliphatic heterocycles. The highest BCUT2D eigenvalue weighted by Gasteiger charge is 2.44. The maximum Gasteiger partial charge on any atom is 0.253 e. The van der Waals surface area contributed by atoms with Crippen LogP contribution in [0.4, 0.5) is 0 Å². The molecule has 9 heteroatoms. The second-order valence-corrected chi connectivity index (χ2v) is 10.1. The molecule has 0 radical (unpaired) electrons. The first-order valence-corrected chi connectivity index (χ1v) is 11.4. The first kappa shape index (κ1) is 21.6. The molecule has 0 N–H and O–H groups in total. The van der Waals surface area contributed by atoms with Gasteiger partial charge in [0.15, 0.2) is 9.84 Å². The summed E-state index contributed by atoms with van der Waals surface area (Å²) in [6, 6.07) is 11.4. The van der Waals surface area contributed by atoms with E-state index in [0.717, 1.165) is 0 Å². The van der Waals surface area contributed by atoms with E-state index >= 15 is 0 Å². The third-order valence-electron chi connectivity index (χ3n) is 5.11. The summed E-state index contributed by atoms with van der Waals surface area (Å²) in [5, 5.41) is 0.998. The average Bonchev–Trinajstić information content (AvgIpc) is 3.02. The third-order valence-corrected chi connectivity index (χ3v) is 7.31. The van der Waals surface area contributed by atoms with E-state index in [1.165, 1.54) is 9.80 Å². The quantitative estimate of drug-likeness (QED) is 0.711. The predicted molar refractivity (Wildman–Crippen MR) is 113 cm³/mol. The zero-order chi connectivity index (χ0) is 21.3. The van der Waals surface area contributed by atoms with E-state index in [4.69, 9.17) is 23.2 Å². The number of benzene rings is 2. The monoisotopic (exact) mass is 454 g/mol. The standard InChI is InChI=1S/C20H20Cl2N2O4S/c1-23(19(25)13-3-7-15(21)8-4-13)17-11-29(27,28)12-18(17)24(2)20(26)14-5-9-16(22)10-6-14/h3-10,17-18H,11-12H2,1-2H3/t17-,18-/m1/s1.